The lowest BCUT2D eigenvalue weighted by molar-refractivity contribution is -0.0906. The Bertz CT molecular complexity index is 1020. The molecule has 1 unspecified atom stereocenters. The Hall–Kier alpha value is -2.59. The molecule has 0 radical (unpaired) electrons. The Balaban J connectivity index is 1.47. The minimum Gasteiger partial charge on any atom is -0.431 e. The smallest absolute Gasteiger partial charge is 0.387 e. The van der Waals surface area contributed by atoms with Gasteiger partial charge in [-0.25, -0.2) is 14.4 Å². The predicted molar refractivity (Wildman–Crippen MR) is 118 cm³/mol. The van der Waals surface area contributed by atoms with Gasteiger partial charge in [-0.05, 0) is 30.2 Å². The van der Waals surface area contributed by atoms with Crippen LogP contribution in [0.3, 0.4) is 0 Å². The number of nitrogens with zero attached hydrogens (tertiary/aromatic N) is 4. The van der Waals surface area contributed by atoms with Crippen LogP contribution in [0.25, 0.3) is 11.3 Å². The van der Waals surface area contributed by atoms with Gasteiger partial charge in [0.15, 0.2) is 11.6 Å². The minimum atomic E-state index is -3.01. The molecule has 5 heterocycles. The number of halogens is 3. The number of hydrogen-bond donors (Lipinski definition) is 1. The van der Waals surface area contributed by atoms with E-state index in [1.807, 2.05) is 24.0 Å². The molecule has 0 saturated carbocycles. The molecule has 2 aromatic rings. The molecule has 0 amide bonds. The van der Waals surface area contributed by atoms with Gasteiger partial charge < -0.3 is 20.1 Å². The lowest BCUT2D eigenvalue weighted by atomic mass is 9.89. The third kappa shape index (κ3) is 4.46. The van der Waals surface area contributed by atoms with E-state index in [1.54, 1.807) is 0 Å². The highest BCUT2D eigenvalue weighted by molar-refractivity contribution is 5.67. The quantitative estimate of drug-likeness (QED) is 0.674. The van der Waals surface area contributed by atoms with Crippen LogP contribution in [0.5, 0.6) is 5.75 Å². The topological polar surface area (TPSA) is 76.7 Å². The van der Waals surface area contributed by atoms with Gasteiger partial charge in [-0.2, -0.15) is 8.78 Å². The van der Waals surface area contributed by atoms with Gasteiger partial charge in [-0.1, -0.05) is 6.92 Å². The van der Waals surface area contributed by atoms with Crippen molar-refractivity contribution in [2.24, 2.45) is 0 Å². The highest BCUT2D eigenvalue weighted by Crippen LogP contribution is 2.38. The Kier molecular flexibility index (Phi) is 5.82. The number of ether oxygens (including phenoxy) is 2. The summed E-state index contributed by atoms with van der Waals surface area (Å²) >= 11 is 0. The molecule has 33 heavy (non-hydrogen) atoms. The molecule has 0 aromatic carbocycles. The predicted octanol–water partition coefficient (Wildman–Crippen LogP) is 3.45. The van der Waals surface area contributed by atoms with E-state index < -0.39 is 12.3 Å². The first-order valence-electron chi connectivity index (χ1n) is 11.3. The molecule has 2 N–H and O–H groups in total. The van der Waals surface area contributed by atoms with E-state index in [9.17, 15) is 13.2 Å². The van der Waals surface area contributed by atoms with Gasteiger partial charge in [0, 0.05) is 43.7 Å². The monoisotopic (exact) mass is 463 g/mol. The van der Waals surface area contributed by atoms with Gasteiger partial charge >= 0.3 is 6.61 Å². The van der Waals surface area contributed by atoms with Crippen LogP contribution in [-0.4, -0.2) is 72.6 Å². The van der Waals surface area contributed by atoms with Gasteiger partial charge in [0.1, 0.15) is 11.5 Å². The number of anilines is 2. The molecule has 7 nitrogen and oxygen atoms in total. The number of aromatic nitrogens is 2. The fraction of sp³-hybridized carbons (Fsp3) is 0.565. The summed E-state index contributed by atoms with van der Waals surface area (Å²) in [6.45, 7) is 3.09. The molecule has 0 bridgehead atoms. The van der Waals surface area contributed by atoms with Gasteiger partial charge in [-0.3, -0.25) is 4.90 Å². The zero-order chi connectivity index (χ0) is 23.2. The normalized spacial score (nSPS) is 24.2. The van der Waals surface area contributed by atoms with E-state index in [2.05, 4.69) is 14.6 Å². The fourth-order valence-electron chi connectivity index (χ4n) is 4.64. The van der Waals surface area contributed by atoms with Crippen molar-refractivity contribution in [3.63, 3.8) is 0 Å². The van der Waals surface area contributed by atoms with Crippen molar-refractivity contribution in [2.75, 3.05) is 50.0 Å². The van der Waals surface area contributed by atoms with E-state index in [-0.39, 0.29) is 18.1 Å². The summed E-state index contributed by atoms with van der Waals surface area (Å²) in [6, 6.07) is 5.90. The molecule has 3 saturated heterocycles. The average Bonchev–Trinajstić information content (AvgIpc) is 3.13. The van der Waals surface area contributed by atoms with Crippen molar-refractivity contribution in [3.05, 3.63) is 30.0 Å². The third-order valence-corrected chi connectivity index (χ3v) is 7.01. The molecular weight excluding hydrogens is 435 g/mol. The van der Waals surface area contributed by atoms with Crippen molar-refractivity contribution >= 4 is 11.6 Å². The van der Waals surface area contributed by atoms with E-state index in [1.165, 1.54) is 12.3 Å². The molecule has 10 heteroatoms. The fourth-order valence-corrected chi connectivity index (χ4v) is 4.64. The number of nitrogens with two attached hydrogens (primary N) is 1. The first-order chi connectivity index (χ1) is 15.8. The molecule has 1 atom stereocenters. The van der Waals surface area contributed by atoms with Gasteiger partial charge in [0.25, 0.3) is 0 Å². The molecule has 2 aromatic heterocycles. The number of nitrogen functional groups attached to an aromatic ring is 1. The molecule has 0 aliphatic carbocycles. The van der Waals surface area contributed by atoms with E-state index >= 15 is 0 Å². The highest BCUT2D eigenvalue weighted by Gasteiger charge is 2.39. The third-order valence-electron chi connectivity index (χ3n) is 7.01. The first kappa shape index (κ1) is 22.2. The van der Waals surface area contributed by atoms with Crippen LogP contribution in [0, 0.1) is 0 Å². The minimum absolute atomic E-state index is 0.113. The summed E-state index contributed by atoms with van der Waals surface area (Å²) in [4.78, 5) is 13.1. The van der Waals surface area contributed by atoms with E-state index in [0.717, 1.165) is 31.9 Å². The number of alkyl halides is 3. The van der Waals surface area contributed by atoms with E-state index in [4.69, 9.17) is 15.5 Å². The summed E-state index contributed by atoms with van der Waals surface area (Å²) in [5.41, 5.74) is 6.67. The van der Waals surface area contributed by atoms with Crippen LogP contribution in [0.1, 0.15) is 31.2 Å². The molecule has 3 aliphatic heterocycles. The molecule has 3 aliphatic rings. The van der Waals surface area contributed by atoms with Gasteiger partial charge in [0.05, 0.1) is 31.5 Å². The lowest BCUT2D eigenvalue weighted by Crippen LogP contribution is -2.58. The SMILES string of the molecule is CCC1(F)CCN(c2cc(C3CN(C4COC4)C3)cc(-c3cnc(N)c(OC(F)F)c3)n2)C1. The Morgan fingerprint density at radius 2 is 2.06 bits per heavy atom. The highest BCUT2D eigenvalue weighted by atomic mass is 19.3. The maximum absolute atomic E-state index is 14.9. The summed E-state index contributed by atoms with van der Waals surface area (Å²) in [5.74, 6) is 0.700. The van der Waals surface area contributed by atoms with Crippen LogP contribution in [0.4, 0.5) is 24.8 Å². The van der Waals surface area contributed by atoms with Gasteiger partial charge in [-0.15, -0.1) is 0 Å². The molecule has 0 spiro atoms. The summed E-state index contributed by atoms with van der Waals surface area (Å²) in [6.07, 6.45) is 2.41. The standard InChI is InChI=1S/C23H28F3N5O2/c1-2-23(26)3-4-30(13-23)20-7-14(16-9-31(10-16)17-11-32-12-17)5-18(29-20)15-6-19(33-22(24)25)21(27)28-8-15/h5-8,16-17,22H,2-4,9-13H2,1H3,(H2,27,28). The lowest BCUT2D eigenvalue weighted by Gasteiger charge is -2.47. The van der Waals surface area contributed by atoms with Crippen LogP contribution in [-0.2, 0) is 4.74 Å². The first-order valence-corrected chi connectivity index (χ1v) is 11.3. The zero-order valence-electron chi connectivity index (χ0n) is 18.5. The molecular formula is C23H28F3N5O2. The molecule has 3 fully saturated rings. The zero-order valence-corrected chi connectivity index (χ0v) is 18.5. The number of rotatable bonds is 7. The van der Waals surface area contributed by atoms with Crippen LogP contribution < -0.4 is 15.4 Å². The average molecular weight is 464 g/mol. The van der Waals surface area contributed by atoms with Crippen molar-refractivity contribution < 1.29 is 22.6 Å². The maximum atomic E-state index is 14.9. The molecule has 178 valence electrons. The second-order valence-corrected chi connectivity index (χ2v) is 9.15. The van der Waals surface area contributed by atoms with Crippen LogP contribution in [0.2, 0.25) is 0 Å². The number of pyridine rings is 2. The van der Waals surface area contributed by atoms with Crippen molar-refractivity contribution in [1.82, 2.24) is 14.9 Å². The Morgan fingerprint density at radius 1 is 1.27 bits per heavy atom. The second-order valence-electron chi connectivity index (χ2n) is 9.15. The Labute approximate surface area is 190 Å². The van der Waals surface area contributed by atoms with Crippen molar-refractivity contribution in [2.45, 2.75) is 44.0 Å². The largest absolute Gasteiger partial charge is 0.431 e. The van der Waals surface area contributed by atoms with Crippen LogP contribution in [0.15, 0.2) is 24.4 Å². The maximum Gasteiger partial charge on any atom is 0.387 e. The number of likely N-dealkylation sites (tertiary alicyclic amines) is 1. The van der Waals surface area contributed by atoms with Crippen LogP contribution >= 0.6 is 0 Å². The van der Waals surface area contributed by atoms with Crippen molar-refractivity contribution in [3.8, 4) is 17.0 Å². The summed E-state index contributed by atoms with van der Waals surface area (Å²) in [7, 11) is 0. The molecule has 5 rings (SSSR count). The summed E-state index contributed by atoms with van der Waals surface area (Å²) in [5, 5.41) is 0. The Morgan fingerprint density at radius 3 is 2.70 bits per heavy atom. The van der Waals surface area contributed by atoms with E-state index in [0.29, 0.717) is 48.4 Å². The summed E-state index contributed by atoms with van der Waals surface area (Å²) < 4.78 is 50.3. The second kappa shape index (κ2) is 8.64. The van der Waals surface area contributed by atoms with Gasteiger partial charge in [0.2, 0.25) is 0 Å². The number of hydrogen-bond acceptors (Lipinski definition) is 7. The van der Waals surface area contributed by atoms with Crippen molar-refractivity contribution in [1.29, 1.82) is 0 Å².